The van der Waals surface area contributed by atoms with Crippen LogP contribution in [0.4, 0.5) is 11.6 Å². The molecule has 1 aromatic heterocycles. The first kappa shape index (κ1) is 12.7. The van der Waals surface area contributed by atoms with Crippen LogP contribution in [0.3, 0.4) is 0 Å². The maximum Gasteiger partial charge on any atom is 0.136 e. The van der Waals surface area contributed by atoms with Crippen LogP contribution in [0, 0.1) is 24.7 Å². The molecule has 19 heavy (non-hydrogen) atoms. The van der Waals surface area contributed by atoms with Crippen LogP contribution in [0.5, 0.6) is 0 Å². The Kier molecular flexibility index (Phi) is 3.33. The third-order valence-corrected chi connectivity index (χ3v) is 5.05. The van der Waals surface area contributed by atoms with Crippen LogP contribution >= 0.6 is 0 Å². The summed E-state index contributed by atoms with van der Waals surface area (Å²) >= 11 is 0. The molecule has 104 valence electrons. The summed E-state index contributed by atoms with van der Waals surface area (Å²) in [6.07, 6.45) is 7.49. The molecule has 0 aromatic carbocycles. The van der Waals surface area contributed by atoms with Gasteiger partial charge in [-0.25, -0.2) is 9.97 Å². The van der Waals surface area contributed by atoms with Crippen LogP contribution in [0.25, 0.3) is 0 Å². The molecule has 1 aromatic rings. The molecule has 0 saturated heterocycles. The molecule has 0 aliphatic heterocycles. The molecule has 3 rings (SSSR count). The fraction of sp³-hybridized carbons (Fsp3) is 0.733. The predicted molar refractivity (Wildman–Crippen MR) is 78.5 cm³/mol. The highest BCUT2D eigenvalue weighted by molar-refractivity contribution is 5.57. The molecule has 0 amide bonds. The topological polar surface area (TPSA) is 41.1 Å². The predicted octanol–water partition coefficient (Wildman–Crippen LogP) is 2.70. The van der Waals surface area contributed by atoms with Gasteiger partial charge >= 0.3 is 0 Å². The lowest BCUT2D eigenvalue weighted by molar-refractivity contribution is 0.337. The molecule has 3 unspecified atom stereocenters. The molecule has 0 spiro atoms. The largest absolute Gasteiger partial charge is 0.373 e. The van der Waals surface area contributed by atoms with Crippen LogP contribution in [0.15, 0.2) is 6.33 Å². The number of aromatic nitrogens is 2. The van der Waals surface area contributed by atoms with Gasteiger partial charge in [0.05, 0.1) is 0 Å². The van der Waals surface area contributed by atoms with E-state index in [-0.39, 0.29) is 0 Å². The summed E-state index contributed by atoms with van der Waals surface area (Å²) in [6, 6.07) is 0. The molecule has 4 heteroatoms. The summed E-state index contributed by atoms with van der Waals surface area (Å²) in [5.74, 6) is 4.86. The summed E-state index contributed by atoms with van der Waals surface area (Å²) in [4.78, 5) is 11.0. The molecule has 1 heterocycles. The Labute approximate surface area is 115 Å². The van der Waals surface area contributed by atoms with Crippen molar-refractivity contribution >= 4 is 11.6 Å². The molecule has 2 aliphatic rings. The third kappa shape index (κ3) is 2.28. The van der Waals surface area contributed by atoms with E-state index >= 15 is 0 Å². The first-order valence-corrected chi connectivity index (χ1v) is 7.39. The van der Waals surface area contributed by atoms with Gasteiger partial charge in [0.2, 0.25) is 0 Å². The minimum atomic E-state index is 0.871. The van der Waals surface area contributed by atoms with Crippen molar-refractivity contribution < 1.29 is 0 Å². The zero-order valence-corrected chi connectivity index (χ0v) is 12.2. The smallest absolute Gasteiger partial charge is 0.136 e. The Morgan fingerprint density at radius 2 is 2.16 bits per heavy atom. The Balaban J connectivity index is 1.72. The standard InChI is InChI=1S/C15H24N4/c1-10-14(16-2)17-9-18-15(10)19(3)8-13-7-11-4-5-12(13)6-11/h9,11-13H,4-8H2,1-3H3,(H,16,17,18). The first-order valence-electron chi connectivity index (χ1n) is 7.39. The van der Waals surface area contributed by atoms with E-state index < -0.39 is 0 Å². The van der Waals surface area contributed by atoms with Gasteiger partial charge in [0.1, 0.15) is 18.0 Å². The Morgan fingerprint density at radius 3 is 2.79 bits per heavy atom. The van der Waals surface area contributed by atoms with Crippen molar-refractivity contribution in [3.05, 3.63) is 11.9 Å². The summed E-state index contributed by atoms with van der Waals surface area (Å²) in [5.41, 5.74) is 1.15. The average Bonchev–Trinajstić information content (AvgIpc) is 3.01. The van der Waals surface area contributed by atoms with E-state index in [0.717, 1.165) is 41.5 Å². The van der Waals surface area contributed by atoms with E-state index in [2.05, 4.69) is 34.2 Å². The first-order chi connectivity index (χ1) is 9.19. The molecule has 0 radical (unpaired) electrons. The summed E-state index contributed by atoms with van der Waals surface area (Å²) in [5, 5.41) is 3.13. The van der Waals surface area contributed by atoms with E-state index in [1.54, 1.807) is 6.33 Å². The highest BCUT2D eigenvalue weighted by atomic mass is 15.2. The van der Waals surface area contributed by atoms with E-state index in [4.69, 9.17) is 0 Å². The van der Waals surface area contributed by atoms with Crippen molar-refractivity contribution in [2.45, 2.75) is 32.6 Å². The fourth-order valence-corrected chi connectivity index (χ4v) is 4.12. The lowest BCUT2D eigenvalue weighted by Crippen LogP contribution is -2.29. The zero-order valence-electron chi connectivity index (χ0n) is 12.2. The molecule has 3 atom stereocenters. The van der Waals surface area contributed by atoms with Gasteiger partial charge in [0.15, 0.2) is 0 Å². The second-order valence-electron chi connectivity index (χ2n) is 6.24. The van der Waals surface area contributed by atoms with Crippen LogP contribution in [0.2, 0.25) is 0 Å². The van der Waals surface area contributed by atoms with E-state index in [9.17, 15) is 0 Å². The molecule has 2 fully saturated rings. The van der Waals surface area contributed by atoms with Gasteiger partial charge in [0, 0.05) is 26.2 Å². The minimum absolute atomic E-state index is 0.871. The van der Waals surface area contributed by atoms with E-state index in [1.165, 1.54) is 25.7 Å². The molecule has 2 bridgehead atoms. The summed E-state index contributed by atoms with van der Waals surface area (Å²) < 4.78 is 0. The monoisotopic (exact) mass is 260 g/mol. The minimum Gasteiger partial charge on any atom is -0.373 e. The van der Waals surface area contributed by atoms with Gasteiger partial charge in [0.25, 0.3) is 0 Å². The van der Waals surface area contributed by atoms with Crippen LogP contribution in [-0.4, -0.2) is 30.6 Å². The van der Waals surface area contributed by atoms with Crippen molar-refractivity contribution in [3.63, 3.8) is 0 Å². The van der Waals surface area contributed by atoms with Gasteiger partial charge in [-0.15, -0.1) is 0 Å². The maximum atomic E-state index is 4.47. The third-order valence-electron chi connectivity index (χ3n) is 5.05. The van der Waals surface area contributed by atoms with Gasteiger partial charge in [-0.2, -0.15) is 0 Å². The Morgan fingerprint density at radius 1 is 1.32 bits per heavy atom. The van der Waals surface area contributed by atoms with Crippen LogP contribution in [-0.2, 0) is 0 Å². The van der Waals surface area contributed by atoms with Crippen molar-refractivity contribution in [1.29, 1.82) is 0 Å². The second-order valence-corrected chi connectivity index (χ2v) is 6.24. The molecular formula is C15H24N4. The fourth-order valence-electron chi connectivity index (χ4n) is 4.12. The molecule has 2 aliphatic carbocycles. The molecule has 2 saturated carbocycles. The Bertz CT molecular complexity index is 459. The number of hydrogen-bond acceptors (Lipinski definition) is 4. The zero-order chi connectivity index (χ0) is 13.4. The van der Waals surface area contributed by atoms with Gasteiger partial charge < -0.3 is 10.2 Å². The lowest BCUT2D eigenvalue weighted by Gasteiger charge is -2.28. The van der Waals surface area contributed by atoms with Gasteiger partial charge in [-0.3, -0.25) is 0 Å². The highest BCUT2D eigenvalue weighted by Gasteiger charge is 2.39. The van der Waals surface area contributed by atoms with E-state index in [0.29, 0.717) is 0 Å². The molecule has 4 nitrogen and oxygen atoms in total. The van der Waals surface area contributed by atoms with E-state index in [1.807, 2.05) is 7.05 Å². The number of anilines is 2. The number of nitrogens with zero attached hydrogens (tertiary/aromatic N) is 3. The van der Waals surface area contributed by atoms with Crippen molar-refractivity contribution in [1.82, 2.24) is 9.97 Å². The maximum absolute atomic E-state index is 4.47. The van der Waals surface area contributed by atoms with Crippen molar-refractivity contribution in [3.8, 4) is 0 Å². The van der Waals surface area contributed by atoms with Crippen LogP contribution < -0.4 is 10.2 Å². The van der Waals surface area contributed by atoms with Gasteiger partial charge in [-0.1, -0.05) is 6.42 Å². The quantitative estimate of drug-likeness (QED) is 0.903. The molecule has 1 N–H and O–H groups in total. The summed E-state index contributed by atoms with van der Waals surface area (Å²) in [6.45, 7) is 3.24. The number of nitrogens with one attached hydrogen (secondary N) is 1. The number of fused-ring (bicyclic) bond motifs is 2. The lowest BCUT2D eigenvalue weighted by atomic mass is 9.88. The highest BCUT2D eigenvalue weighted by Crippen LogP contribution is 2.48. The molecular weight excluding hydrogens is 236 g/mol. The normalized spacial score (nSPS) is 28.7. The SMILES string of the molecule is CNc1ncnc(N(C)CC2CC3CCC2C3)c1C. The van der Waals surface area contributed by atoms with Crippen LogP contribution in [0.1, 0.15) is 31.2 Å². The Hall–Kier alpha value is -1.32. The number of hydrogen-bond donors (Lipinski definition) is 1. The second kappa shape index (κ2) is 4.99. The van der Waals surface area contributed by atoms with Gasteiger partial charge in [-0.05, 0) is 43.9 Å². The summed E-state index contributed by atoms with van der Waals surface area (Å²) in [7, 11) is 4.08. The average molecular weight is 260 g/mol. The number of rotatable bonds is 4. The van der Waals surface area contributed by atoms with Crippen molar-refractivity contribution in [2.24, 2.45) is 17.8 Å². The van der Waals surface area contributed by atoms with Crippen molar-refractivity contribution in [2.75, 3.05) is 30.9 Å².